The fourth-order valence-electron chi connectivity index (χ4n) is 3.46. The Hall–Kier alpha value is -2.93. The lowest BCUT2D eigenvalue weighted by Crippen LogP contribution is -2.34. The van der Waals surface area contributed by atoms with Crippen LogP contribution in [0.25, 0.3) is 0 Å². The molecule has 0 saturated carbocycles. The van der Waals surface area contributed by atoms with Crippen LogP contribution < -0.4 is 15.4 Å². The second-order valence-corrected chi connectivity index (χ2v) is 8.83. The SMILES string of the molecule is CC(C)COc1ccc(C(=O)NC(=S)Nc2ccc(C(=O)N3CCCCCC3)cc2)cc1. The van der Waals surface area contributed by atoms with Gasteiger partial charge in [0.2, 0.25) is 0 Å². The molecule has 2 aromatic carbocycles. The zero-order valence-corrected chi connectivity index (χ0v) is 19.5. The lowest BCUT2D eigenvalue weighted by atomic mass is 10.1. The van der Waals surface area contributed by atoms with Gasteiger partial charge < -0.3 is 15.0 Å². The molecule has 1 aliphatic heterocycles. The summed E-state index contributed by atoms with van der Waals surface area (Å²) in [5.74, 6) is 0.926. The summed E-state index contributed by atoms with van der Waals surface area (Å²) in [5.41, 5.74) is 1.86. The van der Waals surface area contributed by atoms with Gasteiger partial charge >= 0.3 is 0 Å². The molecule has 1 saturated heterocycles. The molecule has 0 unspecified atom stereocenters. The first-order valence-electron chi connectivity index (χ1n) is 11.2. The fourth-order valence-corrected chi connectivity index (χ4v) is 3.67. The molecule has 0 aromatic heterocycles. The highest BCUT2D eigenvalue weighted by molar-refractivity contribution is 7.80. The average molecular weight is 454 g/mol. The summed E-state index contributed by atoms with van der Waals surface area (Å²) in [5, 5.41) is 5.86. The minimum atomic E-state index is -0.300. The van der Waals surface area contributed by atoms with Crippen molar-refractivity contribution < 1.29 is 14.3 Å². The third-order valence-corrected chi connectivity index (χ3v) is 5.41. The molecule has 2 aromatic rings. The first-order chi connectivity index (χ1) is 15.4. The Morgan fingerprint density at radius 1 is 0.938 bits per heavy atom. The number of hydrogen-bond donors (Lipinski definition) is 2. The molecular formula is C25H31N3O3S. The van der Waals surface area contributed by atoms with E-state index in [0.29, 0.717) is 29.3 Å². The number of anilines is 1. The van der Waals surface area contributed by atoms with Crippen molar-refractivity contribution in [2.75, 3.05) is 25.0 Å². The predicted molar refractivity (Wildman–Crippen MR) is 131 cm³/mol. The molecule has 0 radical (unpaired) electrons. The third-order valence-electron chi connectivity index (χ3n) is 5.21. The topological polar surface area (TPSA) is 70.7 Å². The highest BCUT2D eigenvalue weighted by Crippen LogP contribution is 2.16. The normalized spacial score (nSPS) is 13.9. The summed E-state index contributed by atoms with van der Waals surface area (Å²) in [6.07, 6.45) is 4.50. The van der Waals surface area contributed by atoms with Crippen molar-refractivity contribution in [2.24, 2.45) is 5.92 Å². The van der Waals surface area contributed by atoms with Crippen molar-refractivity contribution in [3.8, 4) is 5.75 Å². The van der Waals surface area contributed by atoms with E-state index in [0.717, 1.165) is 31.7 Å². The van der Waals surface area contributed by atoms with E-state index < -0.39 is 0 Å². The number of carbonyl (C=O) groups is 2. The highest BCUT2D eigenvalue weighted by Gasteiger charge is 2.17. The maximum atomic E-state index is 12.7. The van der Waals surface area contributed by atoms with Crippen LogP contribution in [-0.2, 0) is 0 Å². The van der Waals surface area contributed by atoms with E-state index in [2.05, 4.69) is 24.5 Å². The molecule has 170 valence electrons. The van der Waals surface area contributed by atoms with Gasteiger partial charge in [-0.15, -0.1) is 0 Å². The molecular weight excluding hydrogens is 422 g/mol. The molecule has 32 heavy (non-hydrogen) atoms. The van der Waals surface area contributed by atoms with E-state index in [4.69, 9.17) is 17.0 Å². The Kier molecular flexibility index (Phi) is 8.62. The standard InChI is InChI=1S/C25H31N3O3S/c1-18(2)17-31-22-13-9-19(10-14-22)23(29)27-25(32)26-21-11-7-20(8-12-21)24(30)28-15-5-3-4-6-16-28/h7-14,18H,3-6,15-17H2,1-2H3,(H2,26,27,29,32). The monoisotopic (exact) mass is 453 g/mol. The van der Waals surface area contributed by atoms with Crippen LogP contribution in [0.4, 0.5) is 5.69 Å². The number of ether oxygens (including phenoxy) is 1. The van der Waals surface area contributed by atoms with Crippen molar-refractivity contribution in [1.82, 2.24) is 10.2 Å². The number of carbonyl (C=O) groups excluding carboxylic acids is 2. The Balaban J connectivity index is 1.51. The minimum Gasteiger partial charge on any atom is -0.493 e. The van der Waals surface area contributed by atoms with Crippen molar-refractivity contribution in [1.29, 1.82) is 0 Å². The number of likely N-dealkylation sites (tertiary alicyclic amines) is 1. The molecule has 1 aliphatic rings. The summed E-state index contributed by atoms with van der Waals surface area (Å²) < 4.78 is 5.64. The number of hydrogen-bond acceptors (Lipinski definition) is 4. The van der Waals surface area contributed by atoms with Gasteiger partial charge in [-0.25, -0.2) is 0 Å². The van der Waals surface area contributed by atoms with Gasteiger partial charge in [-0.1, -0.05) is 26.7 Å². The number of thiocarbonyl (C=S) groups is 1. The molecule has 0 spiro atoms. The first-order valence-corrected chi connectivity index (χ1v) is 11.6. The quantitative estimate of drug-likeness (QED) is 0.611. The lowest BCUT2D eigenvalue weighted by Gasteiger charge is -2.20. The zero-order chi connectivity index (χ0) is 22.9. The highest BCUT2D eigenvalue weighted by atomic mass is 32.1. The number of benzene rings is 2. The number of nitrogens with one attached hydrogen (secondary N) is 2. The summed E-state index contributed by atoms with van der Waals surface area (Å²) in [7, 11) is 0. The van der Waals surface area contributed by atoms with Gasteiger partial charge in [0.25, 0.3) is 11.8 Å². The van der Waals surface area contributed by atoms with Gasteiger partial charge in [-0.05, 0) is 79.5 Å². The fraction of sp³-hybridized carbons (Fsp3) is 0.400. The van der Waals surface area contributed by atoms with Gasteiger partial charge in [0.15, 0.2) is 5.11 Å². The van der Waals surface area contributed by atoms with E-state index in [-0.39, 0.29) is 16.9 Å². The molecule has 0 bridgehead atoms. The summed E-state index contributed by atoms with van der Waals surface area (Å²) >= 11 is 5.27. The smallest absolute Gasteiger partial charge is 0.257 e. The van der Waals surface area contributed by atoms with Crippen LogP contribution in [0, 0.1) is 5.92 Å². The maximum absolute atomic E-state index is 12.7. The predicted octanol–water partition coefficient (Wildman–Crippen LogP) is 4.86. The van der Waals surface area contributed by atoms with E-state index in [9.17, 15) is 9.59 Å². The van der Waals surface area contributed by atoms with Crippen LogP contribution >= 0.6 is 12.2 Å². The van der Waals surface area contributed by atoms with Crippen LogP contribution in [0.1, 0.15) is 60.2 Å². The molecule has 6 nitrogen and oxygen atoms in total. The molecule has 1 heterocycles. The summed E-state index contributed by atoms with van der Waals surface area (Å²) in [6, 6.07) is 14.1. The van der Waals surface area contributed by atoms with Crippen LogP contribution in [-0.4, -0.2) is 41.5 Å². The van der Waals surface area contributed by atoms with Crippen LogP contribution in [0.15, 0.2) is 48.5 Å². The average Bonchev–Trinajstić information content (AvgIpc) is 3.07. The molecule has 1 fully saturated rings. The second-order valence-electron chi connectivity index (χ2n) is 8.42. The first kappa shape index (κ1) is 23.7. The molecule has 7 heteroatoms. The molecule has 2 amide bonds. The van der Waals surface area contributed by atoms with Gasteiger partial charge in [-0.2, -0.15) is 0 Å². The minimum absolute atomic E-state index is 0.0650. The van der Waals surface area contributed by atoms with Crippen LogP contribution in [0.5, 0.6) is 5.75 Å². The Morgan fingerprint density at radius 2 is 1.53 bits per heavy atom. The van der Waals surface area contributed by atoms with Crippen molar-refractivity contribution >= 4 is 34.8 Å². The number of rotatable bonds is 6. The lowest BCUT2D eigenvalue weighted by molar-refractivity contribution is 0.0761. The second kappa shape index (κ2) is 11.6. The van der Waals surface area contributed by atoms with Gasteiger partial charge in [0, 0.05) is 29.9 Å². The van der Waals surface area contributed by atoms with Crippen molar-refractivity contribution in [3.05, 3.63) is 59.7 Å². The van der Waals surface area contributed by atoms with Gasteiger partial charge in [0.1, 0.15) is 5.75 Å². The Morgan fingerprint density at radius 3 is 2.12 bits per heavy atom. The Labute approximate surface area is 195 Å². The summed E-state index contributed by atoms with van der Waals surface area (Å²) in [6.45, 7) is 6.43. The van der Waals surface area contributed by atoms with E-state index >= 15 is 0 Å². The maximum Gasteiger partial charge on any atom is 0.257 e. The largest absolute Gasteiger partial charge is 0.493 e. The van der Waals surface area contributed by atoms with E-state index in [1.54, 1.807) is 48.5 Å². The van der Waals surface area contributed by atoms with Crippen molar-refractivity contribution in [2.45, 2.75) is 39.5 Å². The van der Waals surface area contributed by atoms with Gasteiger partial charge in [-0.3, -0.25) is 14.9 Å². The van der Waals surface area contributed by atoms with E-state index in [1.165, 1.54) is 12.8 Å². The van der Waals surface area contributed by atoms with Gasteiger partial charge in [0.05, 0.1) is 6.61 Å². The number of nitrogens with zero attached hydrogens (tertiary/aromatic N) is 1. The van der Waals surface area contributed by atoms with Crippen LogP contribution in [0.3, 0.4) is 0 Å². The molecule has 3 rings (SSSR count). The van der Waals surface area contributed by atoms with Crippen LogP contribution in [0.2, 0.25) is 0 Å². The zero-order valence-electron chi connectivity index (χ0n) is 18.7. The van der Waals surface area contributed by atoms with E-state index in [1.807, 2.05) is 4.90 Å². The third kappa shape index (κ3) is 7.05. The summed E-state index contributed by atoms with van der Waals surface area (Å²) in [4.78, 5) is 27.1. The molecule has 0 atom stereocenters. The number of amides is 2. The Bertz CT molecular complexity index is 918. The molecule has 2 N–H and O–H groups in total. The van der Waals surface area contributed by atoms with Crippen molar-refractivity contribution in [3.63, 3.8) is 0 Å². The molecule has 0 aliphatic carbocycles.